The normalized spacial score (nSPS) is 21.3. The lowest BCUT2D eigenvalue weighted by Crippen LogP contribution is -2.40. The van der Waals surface area contributed by atoms with E-state index >= 15 is 0 Å². The van der Waals surface area contributed by atoms with Crippen molar-refractivity contribution in [3.8, 4) is 0 Å². The third kappa shape index (κ3) is 3.83. The Morgan fingerprint density at radius 3 is 2.74 bits per heavy atom. The van der Waals surface area contributed by atoms with Crippen LogP contribution in [0.1, 0.15) is 26.7 Å². The molecule has 1 saturated carbocycles. The van der Waals surface area contributed by atoms with Gasteiger partial charge in [0.25, 0.3) is 0 Å². The second-order valence-electron chi connectivity index (χ2n) is 5.15. The van der Waals surface area contributed by atoms with E-state index < -0.39 is 0 Å². The first-order chi connectivity index (χ1) is 8.97. The number of thioether (sulfide) groups is 1. The molecule has 6 heteroatoms. The zero-order valence-corrected chi connectivity index (χ0v) is 12.0. The van der Waals surface area contributed by atoms with Gasteiger partial charge in [-0.05, 0) is 26.7 Å². The zero-order valence-electron chi connectivity index (χ0n) is 11.1. The average molecular weight is 282 g/mol. The Morgan fingerprint density at radius 2 is 2.16 bits per heavy atom. The highest BCUT2D eigenvalue weighted by molar-refractivity contribution is 8.04. The van der Waals surface area contributed by atoms with Gasteiger partial charge in [0.15, 0.2) is 5.78 Å². The van der Waals surface area contributed by atoms with Crippen molar-refractivity contribution in [2.75, 3.05) is 12.3 Å². The molecule has 0 unspecified atom stereocenters. The van der Waals surface area contributed by atoms with E-state index in [9.17, 15) is 14.4 Å². The van der Waals surface area contributed by atoms with Crippen LogP contribution in [0.25, 0.3) is 0 Å². The topological polar surface area (TPSA) is 66.5 Å². The highest BCUT2D eigenvalue weighted by Gasteiger charge is 2.32. The Hall–Kier alpha value is -1.30. The summed E-state index contributed by atoms with van der Waals surface area (Å²) in [6.45, 7) is 3.73. The molecule has 2 fully saturated rings. The monoisotopic (exact) mass is 282 g/mol. The third-order valence-corrected chi connectivity index (χ3v) is 3.93. The van der Waals surface area contributed by atoms with Gasteiger partial charge < -0.3 is 5.32 Å². The number of allylic oxidation sites excluding steroid dienone is 1. The van der Waals surface area contributed by atoms with Crippen LogP contribution in [0.2, 0.25) is 0 Å². The third-order valence-electron chi connectivity index (χ3n) is 2.91. The van der Waals surface area contributed by atoms with Crippen LogP contribution in [0, 0.1) is 5.92 Å². The van der Waals surface area contributed by atoms with E-state index in [-0.39, 0.29) is 36.1 Å². The van der Waals surface area contributed by atoms with Gasteiger partial charge in [-0.2, -0.15) is 0 Å². The van der Waals surface area contributed by atoms with Crippen LogP contribution in [0.5, 0.6) is 0 Å². The number of nitrogens with one attached hydrogen (secondary N) is 1. The van der Waals surface area contributed by atoms with E-state index in [4.69, 9.17) is 0 Å². The average Bonchev–Trinajstić information content (AvgIpc) is 3.10. The van der Waals surface area contributed by atoms with Crippen molar-refractivity contribution in [2.24, 2.45) is 5.92 Å². The predicted octanol–water partition coefficient (Wildman–Crippen LogP) is 0.907. The molecule has 0 bridgehead atoms. The van der Waals surface area contributed by atoms with Crippen molar-refractivity contribution >= 4 is 29.4 Å². The molecule has 1 saturated heterocycles. The molecule has 19 heavy (non-hydrogen) atoms. The molecule has 0 aromatic carbocycles. The van der Waals surface area contributed by atoms with Crippen LogP contribution in [0.15, 0.2) is 11.1 Å². The van der Waals surface area contributed by atoms with Crippen molar-refractivity contribution < 1.29 is 14.4 Å². The summed E-state index contributed by atoms with van der Waals surface area (Å²) in [7, 11) is 0. The van der Waals surface area contributed by atoms with Crippen LogP contribution < -0.4 is 5.32 Å². The fourth-order valence-corrected chi connectivity index (χ4v) is 2.77. The summed E-state index contributed by atoms with van der Waals surface area (Å²) in [5, 5.41) is 3.36. The molecule has 0 radical (unpaired) electrons. The van der Waals surface area contributed by atoms with Gasteiger partial charge in [-0.1, -0.05) is 11.8 Å². The molecule has 104 valence electrons. The summed E-state index contributed by atoms with van der Waals surface area (Å²) in [5.74, 6) is 0.203. The molecule has 2 rings (SSSR count). The molecule has 0 aromatic rings. The Labute approximate surface area is 116 Å². The van der Waals surface area contributed by atoms with Crippen LogP contribution >= 0.6 is 11.8 Å². The van der Waals surface area contributed by atoms with Crippen LogP contribution in [-0.4, -0.2) is 40.8 Å². The lowest BCUT2D eigenvalue weighted by Gasteiger charge is -2.17. The molecule has 5 nitrogen and oxygen atoms in total. The van der Waals surface area contributed by atoms with Crippen LogP contribution in [-0.2, 0) is 14.4 Å². The number of hydrogen-bond donors (Lipinski definition) is 1. The fourth-order valence-electron chi connectivity index (χ4n) is 1.82. The zero-order chi connectivity index (χ0) is 14.0. The number of amides is 2. The Morgan fingerprint density at radius 1 is 1.47 bits per heavy atom. The van der Waals surface area contributed by atoms with Crippen molar-refractivity contribution in [3.05, 3.63) is 11.1 Å². The number of hydrogen-bond acceptors (Lipinski definition) is 4. The smallest absolute Gasteiger partial charge is 0.240 e. The minimum absolute atomic E-state index is 0.00616. The number of nitrogens with zero attached hydrogens (tertiary/aromatic N) is 1. The molecule has 2 amide bonds. The summed E-state index contributed by atoms with van der Waals surface area (Å²) >= 11 is 1.33. The largest absolute Gasteiger partial charge is 0.352 e. The standard InChI is InChI=1S/C13H18N2O3S/c1-8(2)14-11(17)6-15-12(18)7-19-13(15)5-10(16)9-3-4-9/h5,8-9H,3-4,6-7H2,1-2H3,(H,14,17)/b13-5+. The minimum Gasteiger partial charge on any atom is -0.352 e. The summed E-state index contributed by atoms with van der Waals surface area (Å²) < 4.78 is 0. The van der Waals surface area contributed by atoms with E-state index in [0.29, 0.717) is 10.8 Å². The molecular formula is C13H18N2O3S. The van der Waals surface area contributed by atoms with Crippen molar-refractivity contribution in [1.29, 1.82) is 0 Å². The molecule has 2 aliphatic rings. The molecular weight excluding hydrogens is 264 g/mol. The van der Waals surface area contributed by atoms with E-state index in [1.807, 2.05) is 13.8 Å². The lowest BCUT2D eigenvalue weighted by molar-refractivity contribution is -0.131. The highest BCUT2D eigenvalue weighted by Crippen LogP contribution is 2.34. The van der Waals surface area contributed by atoms with Crippen LogP contribution in [0.3, 0.4) is 0 Å². The summed E-state index contributed by atoms with van der Waals surface area (Å²) in [4.78, 5) is 36.6. The maximum atomic E-state index is 11.7. The molecule has 0 spiro atoms. The lowest BCUT2D eigenvalue weighted by atomic mass is 10.2. The number of carbonyl (C=O) groups is 3. The Kier molecular flexibility index (Phi) is 4.29. The molecule has 0 aromatic heterocycles. The van der Waals surface area contributed by atoms with E-state index in [1.54, 1.807) is 0 Å². The van der Waals surface area contributed by atoms with Gasteiger partial charge in [-0.3, -0.25) is 19.3 Å². The minimum atomic E-state index is -0.198. The second-order valence-corrected chi connectivity index (χ2v) is 6.15. The quantitative estimate of drug-likeness (QED) is 0.761. The van der Waals surface area contributed by atoms with Crippen molar-refractivity contribution in [1.82, 2.24) is 10.2 Å². The van der Waals surface area contributed by atoms with Gasteiger partial charge in [-0.15, -0.1) is 0 Å². The maximum Gasteiger partial charge on any atom is 0.240 e. The van der Waals surface area contributed by atoms with Gasteiger partial charge >= 0.3 is 0 Å². The summed E-state index contributed by atoms with van der Waals surface area (Å²) in [5.41, 5.74) is 0. The first-order valence-electron chi connectivity index (χ1n) is 6.45. The number of carbonyl (C=O) groups excluding carboxylic acids is 3. The van der Waals surface area contributed by atoms with Gasteiger partial charge in [0.05, 0.1) is 10.8 Å². The first-order valence-corrected chi connectivity index (χ1v) is 7.44. The van der Waals surface area contributed by atoms with Crippen molar-refractivity contribution in [2.45, 2.75) is 32.7 Å². The SMILES string of the molecule is CC(C)NC(=O)CN1C(=O)CS/C1=C/C(=O)C1CC1. The summed E-state index contributed by atoms with van der Waals surface area (Å²) in [6, 6.07) is 0.0402. The number of rotatable bonds is 5. The molecule has 1 N–H and O–H groups in total. The van der Waals surface area contributed by atoms with Gasteiger partial charge in [0, 0.05) is 18.0 Å². The predicted molar refractivity (Wildman–Crippen MR) is 73.3 cm³/mol. The second kappa shape index (κ2) is 5.77. The van der Waals surface area contributed by atoms with Crippen molar-refractivity contribution in [3.63, 3.8) is 0 Å². The fraction of sp³-hybridized carbons (Fsp3) is 0.615. The highest BCUT2D eigenvalue weighted by atomic mass is 32.2. The van der Waals surface area contributed by atoms with E-state index in [0.717, 1.165) is 12.8 Å². The maximum absolute atomic E-state index is 11.7. The number of ketones is 1. The molecule has 1 aliphatic heterocycles. The molecule has 0 atom stereocenters. The van der Waals surface area contributed by atoms with E-state index in [2.05, 4.69) is 5.32 Å². The Bertz CT molecular complexity index is 441. The van der Waals surface area contributed by atoms with Gasteiger partial charge in [-0.25, -0.2) is 0 Å². The van der Waals surface area contributed by atoms with Gasteiger partial charge in [0.2, 0.25) is 11.8 Å². The molecule has 1 aliphatic carbocycles. The van der Waals surface area contributed by atoms with E-state index in [1.165, 1.54) is 22.7 Å². The molecule has 1 heterocycles. The van der Waals surface area contributed by atoms with Gasteiger partial charge in [0.1, 0.15) is 6.54 Å². The summed E-state index contributed by atoms with van der Waals surface area (Å²) in [6.07, 6.45) is 3.40. The Balaban J connectivity index is 2.00. The first kappa shape index (κ1) is 14.1. The van der Waals surface area contributed by atoms with Crippen LogP contribution in [0.4, 0.5) is 0 Å².